The van der Waals surface area contributed by atoms with Crippen molar-refractivity contribution in [3.8, 4) is 5.75 Å². The Kier molecular flexibility index (Phi) is 5.06. The van der Waals surface area contributed by atoms with Gasteiger partial charge in [-0.25, -0.2) is 0 Å². The lowest BCUT2D eigenvalue weighted by Crippen LogP contribution is -2.12. The second-order valence-corrected chi connectivity index (χ2v) is 4.97. The van der Waals surface area contributed by atoms with Crippen LogP contribution in [0.3, 0.4) is 0 Å². The van der Waals surface area contributed by atoms with Gasteiger partial charge in [-0.1, -0.05) is 18.5 Å². The highest BCUT2D eigenvalue weighted by molar-refractivity contribution is 6.34. The highest BCUT2D eigenvalue weighted by Crippen LogP contribution is 2.24. The van der Waals surface area contributed by atoms with E-state index in [0.29, 0.717) is 28.6 Å². The minimum absolute atomic E-state index is 0.233. The molecule has 0 aromatic heterocycles. The Morgan fingerprint density at radius 3 is 2.57 bits per heavy atom. The van der Waals surface area contributed by atoms with Crippen LogP contribution >= 0.6 is 11.6 Å². The fourth-order valence-corrected chi connectivity index (χ4v) is 1.99. The molecule has 2 aromatic rings. The Morgan fingerprint density at radius 1 is 1.24 bits per heavy atom. The average Bonchev–Trinajstić information content (AvgIpc) is 2.48. The van der Waals surface area contributed by atoms with Gasteiger partial charge in [0.1, 0.15) is 5.75 Å². The summed E-state index contributed by atoms with van der Waals surface area (Å²) in [6.45, 7) is 2.70. The molecule has 110 valence electrons. The van der Waals surface area contributed by atoms with Crippen molar-refractivity contribution in [3.05, 3.63) is 53.1 Å². The number of ether oxygens (including phenoxy) is 1. The number of anilines is 2. The first kappa shape index (κ1) is 15.2. The molecule has 1 amide bonds. The van der Waals surface area contributed by atoms with Crippen molar-refractivity contribution in [1.29, 1.82) is 0 Å². The Hall–Kier alpha value is -2.20. The molecular weight excluding hydrogens is 288 g/mol. The van der Waals surface area contributed by atoms with E-state index in [9.17, 15) is 4.79 Å². The molecule has 0 spiro atoms. The smallest absolute Gasteiger partial charge is 0.255 e. The van der Waals surface area contributed by atoms with Crippen LogP contribution in [0.1, 0.15) is 23.7 Å². The van der Waals surface area contributed by atoms with Crippen LogP contribution in [0.15, 0.2) is 42.5 Å². The number of hydrogen-bond donors (Lipinski definition) is 2. The van der Waals surface area contributed by atoms with Gasteiger partial charge in [-0.05, 0) is 48.9 Å². The third-order valence-corrected chi connectivity index (χ3v) is 3.14. The van der Waals surface area contributed by atoms with E-state index in [4.69, 9.17) is 22.1 Å². The molecule has 0 saturated heterocycles. The van der Waals surface area contributed by atoms with E-state index in [1.54, 1.807) is 42.5 Å². The van der Waals surface area contributed by atoms with Crippen molar-refractivity contribution in [3.63, 3.8) is 0 Å². The molecule has 5 heteroatoms. The summed E-state index contributed by atoms with van der Waals surface area (Å²) in [5.41, 5.74) is 7.23. The molecule has 3 N–H and O–H groups in total. The van der Waals surface area contributed by atoms with Crippen LogP contribution in [0.4, 0.5) is 11.4 Å². The molecule has 0 aliphatic rings. The van der Waals surface area contributed by atoms with Gasteiger partial charge in [0.15, 0.2) is 0 Å². The first-order valence-electron chi connectivity index (χ1n) is 6.69. The van der Waals surface area contributed by atoms with E-state index in [1.807, 2.05) is 6.92 Å². The topological polar surface area (TPSA) is 64.3 Å². The van der Waals surface area contributed by atoms with Gasteiger partial charge in [-0.15, -0.1) is 0 Å². The van der Waals surface area contributed by atoms with Crippen LogP contribution in [0.2, 0.25) is 5.02 Å². The molecule has 4 nitrogen and oxygen atoms in total. The fraction of sp³-hybridized carbons (Fsp3) is 0.188. The molecule has 0 atom stereocenters. The van der Waals surface area contributed by atoms with Gasteiger partial charge in [0, 0.05) is 11.3 Å². The Bertz CT molecular complexity index is 627. The van der Waals surface area contributed by atoms with Crippen molar-refractivity contribution >= 4 is 28.9 Å². The molecule has 2 rings (SSSR count). The summed E-state index contributed by atoms with van der Waals surface area (Å²) in [5, 5.41) is 3.16. The largest absolute Gasteiger partial charge is 0.494 e. The number of rotatable bonds is 5. The summed E-state index contributed by atoms with van der Waals surface area (Å²) < 4.78 is 5.47. The Morgan fingerprint density at radius 2 is 1.95 bits per heavy atom. The van der Waals surface area contributed by atoms with E-state index >= 15 is 0 Å². The van der Waals surface area contributed by atoms with Gasteiger partial charge in [0.25, 0.3) is 5.91 Å². The first-order valence-corrected chi connectivity index (χ1v) is 7.07. The number of nitrogens with one attached hydrogen (secondary N) is 1. The zero-order chi connectivity index (χ0) is 15.2. The number of amides is 1. The average molecular weight is 305 g/mol. The zero-order valence-corrected chi connectivity index (χ0v) is 12.5. The molecule has 0 fully saturated rings. The molecule has 0 bridgehead atoms. The van der Waals surface area contributed by atoms with Gasteiger partial charge >= 0.3 is 0 Å². The second-order valence-electron chi connectivity index (χ2n) is 4.57. The molecule has 0 radical (unpaired) electrons. The maximum Gasteiger partial charge on any atom is 0.255 e. The third-order valence-electron chi connectivity index (χ3n) is 2.83. The zero-order valence-electron chi connectivity index (χ0n) is 11.7. The highest BCUT2D eigenvalue weighted by Gasteiger charge is 2.09. The monoisotopic (exact) mass is 304 g/mol. The summed E-state index contributed by atoms with van der Waals surface area (Å²) in [6.07, 6.45) is 0.942. The fourth-order valence-electron chi connectivity index (χ4n) is 1.75. The minimum atomic E-state index is -0.233. The maximum absolute atomic E-state index is 12.1. The maximum atomic E-state index is 12.1. The molecule has 0 saturated carbocycles. The van der Waals surface area contributed by atoms with Gasteiger partial charge < -0.3 is 15.8 Å². The van der Waals surface area contributed by atoms with Crippen molar-refractivity contribution in [2.45, 2.75) is 13.3 Å². The quantitative estimate of drug-likeness (QED) is 0.822. The van der Waals surface area contributed by atoms with Gasteiger partial charge in [-0.2, -0.15) is 0 Å². The SMILES string of the molecule is CCCOc1ccc(C(=O)Nc2ccc(N)cc2Cl)cc1. The van der Waals surface area contributed by atoms with E-state index in [2.05, 4.69) is 5.32 Å². The standard InChI is InChI=1S/C16H17ClN2O2/c1-2-9-21-13-6-3-11(4-7-13)16(20)19-15-8-5-12(18)10-14(15)17/h3-8,10H,2,9,18H2,1H3,(H,19,20). The van der Waals surface area contributed by atoms with Crippen molar-refractivity contribution in [1.82, 2.24) is 0 Å². The van der Waals surface area contributed by atoms with Crippen LogP contribution in [-0.2, 0) is 0 Å². The lowest BCUT2D eigenvalue weighted by molar-refractivity contribution is 0.102. The molecule has 0 heterocycles. The van der Waals surface area contributed by atoms with Crippen LogP contribution < -0.4 is 15.8 Å². The van der Waals surface area contributed by atoms with Crippen molar-refractivity contribution < 1.29 is 9.53 Å². The number of carbonyl (C=O) groups is 1. The summed E-state index contributed by atoms with van der Waals surface area (Å²) in [5.74, 6) is 0.516. The molecule has 0 unspecified atom stereocenters. The lowest BCUT2D eigenvalue weighted by Gasteiger charge is -2.09. The van der Waals surface area contributed by atoms with Crippen LogP contribution in [0.5, 0.6) is 5.75 Å². The van der Waals surface area contributed by atoms with E-state index in [1.165, 1.54) is 0 Å². The summed E-state index contributed by atoms with van der Waals surface area (Å²) in [7, 11) is 0. The van der Waals surface area contributed by atoms with E-state index < -0.39 is 0 Å². The number of hydrogen-bond acceptors (Lipinski definition) is 3. The van der Waals surface area contributed by atoms with Gasteiger partial charge in [-0.3, -0.25) is 4.79 Å². The predicted molar refractivity (Wildman–Crippen MR) is 86.0 cm³/mol. The van der Waals surface area contributed by atoms with Gasteiger partial charge in [0.2, 0.25) is 0 Å². The number of benzene rings is 2. The van der Waals surface area contributed by atoms with E-state index in [-0.39, 0.29) is 5.91 Å². The van der Waals surface area contributed by atoms with Crippen molar-refractivity contribution in [2.24, 2.45) is 0 Å². The molecule has 0 aliphatic carbocycles. The number of carbonyl (C=O) groups excluding carboxylic acids is 1. The summed E-state index contributed by atoms with van der Waals surface area (Å²) in [6, 6.07) is 11.9. The second kappa shape index (κ2) is 6.99. The van der Waals surface area contributed by atoms with Crippen LogP contribution in [0.25, 0.3) is 0 Å². The lowest BCUT2D eigenvalue weighted by atomic mass is 10.2. The molecular formula is C16H17ClN2O2. The Balaban J connectivity index is 2.06. The van der Waals surface area contributed by atoms with Gasteiger partial charge in [0.05, 0.1) is 17.3 Å². The number of nitrogens with two attached hydrogens (primary N) is 1. The molecule has 0 aliphatic heterocycles. The van der Waals surface area contributed by atoms with Crippen LogP contribution in [-0.4, -0.2) is 12.5 Å². The normalized spacial score (nSPS) is 10.2. The van der Waals surface area contributed by atoms with E-state index in [0.717, 1.165) is 12.2 Å². The predicted octanol–water partition coefficient (Wildman–Crippen LogP) is 3.96. The van der Waals surface area contributed by atoms with Crippen LogP contribution in [0, 0.1) is 0 Å². The number of nitrogen functional groups attached to an aromatic ring is 1. The molecule has 2 aromatic carbocycles. The number of halogens is 1. The van der Waals surface area contributed by atoms with Crippen molar-refractivity contribution in [2.75, 3.05) is 17.7 Å². The first-order chi connectivity index (χ1) is 10.1. The minimum Gasteiger partial charge on any atom is -0.494 e. The summed E-state index contributed by atoms with van der Waals surface area (Å²) in [4.78, 5) is 12.1. The third kappa shape index (κ3) is 4.13. The highest BCUT2D eigenvalue weighted by atomic mass is 35.5. The Labute approximate surface area is 128 Å². The summed E-state index contributed by atoms with van der Waals surface area (Å²) >= 11 is 6.03. The molecule has 21 heavy (non-hydrogen) atoms.